The molecule has 0 aromatic heterocycles. The van der Waals surface area contributed by atoms with Crippen LogP contribution in [0.15, 0.2) is 137 Å². The zero-order valence-electron chi connectivity index (χ0n) is 26.3. The van der Waals surface area contributed by atoms with Crippen LogP contribution in [-0.4, -0.2) is 39.0 Å². The van der Waals surface area contributed by atoms with Crippen molar-refractivity contribution in [2.24, 2.45) is 0 Å². The average molecular weight is 671 g/mol. The summed E-state index contributed by atoms with van der Waals surface area (Å²) in [5.41, 5.74) is 5.99. The minimum Gasteiger partial charge on any atom is -0.367 e. The smallest absolute Gasteiger partial charge is 0.294 e. The summed E-state index contributed by atoms with van der Waals surface area (Å²) >= 11 is 0. The zero-order chi connectivity index (χ0) is 33.6. The van der Waals surface area contributed by atoms with Crippen LogP contribution >= 0.6 is 0 Å². The lowest BCUT2D eigenvalue weighted by molar-refractivity contribution is 0.480. The van der Waals surface area contributed by atoms with Crippen molar-refractivity contribution in [1.82, 2.24) is 0 Å². The van der Waals surface area contributed by atoms with Crippen molar-refractivity contribution >= 4 is 31.6 Å². The molecule has 0 fully saturated rings. The molecule has 2 N–H and O–H groups in total. The Labute approximate surface area is 277 Å². The fraction of sp³-hybridized carbons (Fsp3) is 0.189. The van der Waals surface area contributed by atoms with Gasteiger partial charge in [-0.2, -0.15) is 16.8 Å². The van der Waals surface area contributed by atoms with Crippen molar-refractivity contribution in [3.63, 3.8) is 0 Å². The van der Waals surface area contributed by atoms with Gasteiger partial charge in [0.2, 0.25) is 0 Å². The second-order valence-corrected chi connectivity index (χ2v) is 14.1. The van der Waals surface area contributed by atoms with Crippen molar-refractivity contribution < 1.29 is 25.9 Å². The van der Waals surface area contributed by atoms with Crippen LogP contribution in [-0.2, 0) is 33.3 Å². The predicted octanol–water partition coefficient (Wildman–Crippen LogP) is 7.41. The molecule has 0 saturated carbocycles. The predicted molar refractivity (Wildman–Crippen MR) is 186 cm³/mol. The lowest BCUT2D eigenvalue weighted by Crippen LogP contribution is -2.22. The first kappa shape index (κ1) is 33.9. The summed E-state index contributed by atoms with van der Waals surface area (Å²) in [7, 11) is -8.83. The molecular formula is C37H38N2O6S2. The molecule has 1 atom stereocenters. The standard InChI is InChI=1S/C37H38N2O6S2/c1-3-38(26-28-11-6-5-7-12-28)32-21-17-30(18-22-32)37(35-15-8-9-16-36(35)47(43,44)45)31-19-23-33(24-20-31)39(4-2)27-29-13-10-14-34(25-29)46(40,41)42/h5-25,37H,3-4,26-27H2,1-2H3,(H,40,41,42)(H,43,44,45). The van der Waals surface area contributed by atoms with E-state index in [0.29, 0.717) is 18.7 Å². The van der Waals surface area contributed by atoms with E-state index in [0.717, 1.165) is 41.2 Å². The Balaban J connectivity index is 1.50. The molecule has 0 aliphatic carbocycles. The van der Waals surface area contributed by atoms with Crippen LogP contribution in [0, 0.1) is 0 Å². The highest BCUT2D eigenvalue weighted by Crippen LogP contribution is 2.37. The molecule has 0 aliphatic heterocycles. The maximum absolute atomic E-state index is 12.5. The Hall–Kier alpha value is -4.48. The number of hydrogen-bond acceptors (Lipinski definition) is 6. The van der Waals surface area contributed by atoms with Gasteiger partial charge in [0.25, 0.3) is 20.2 Å². The largest absolute Gasteiger partial charge is 0.367 e. The molecule has 5 aromatic rings. The zero-order valence-corrected chi connectivity index (χ0v) is 27.9. The molecule has 0 aliphatic rings. The lowest BCUT2D eigenvalue weighted by Gasteiger charge is -2.26. The van der Waals surface area contributed by atoms with Crippen LogP contribution in [0.1, 0.15) is 47.6 Å². The summed E-state index contributed by atoms with van der Waals surface area (Å²) in [6, 6.07) is 38.8. The fourth-order valence-electron chi connectivity index (χ4n) is 5.86. The van der Waals surface area contributed by atoms with Crippen molar-refractivity contribution in [1.29, 1.82) is 0 Å². The fourth-order valence-corrected chi connectivity index (χ4v) is 7.15. The molecule has 10 heteroatoms. The van der Waals surface area contributed by atoms with Gasteiger partial charge in [-0.15, -0.1) is 0 Å². The SMILES string of the molecule is CCN(Cc1ccccc1)c1ccc(C(c2ccc(N(CC)Cc3cccc(S(=O)(=O)O)c3)cc2)c2ccccc2S(=O)(=O)O)cc1. The Bertz CT molecular complexity index is 2020. The minimum absolute atomic E-state index is 0.147. The maximum Gasteiger partial charge on any atom is 0.294 e. The van der Waals surface area contributed by atoms with E-state index in [4.69, 9.17) is 0 Å². The van der Waals surface area contributed by atoms with Crippen LogP contribution in [0.2, 0.25) is 0 Å². The first-order valence-electron chi connectivity index (χ1n) is 15.3. The van der Waals surface area contributed by atoms with Crippen LogP contribution in [0.5, 0.6) is 0 Å². The Morgan fingerprint density at radius 1 is 0.553 bits per heavy atom. The van der Waals surface area contributed by atoms with Gasteiger partial charge in [-0.25, -0.2) is 0 Å². The summed E-state index contributed by atoms with van der Waals surface area (Å²) < 4.78 is 68.0. The number of rotatable bonds is 13. The molecule has 8 nitrogen and oxygen atoms in total. The van der Waals surface area contributed by atoms with E-state index in [1.54, 1.807) is 30.3 Å². The van der Waals surface area contributed by atoms with Gasteiger partial charge in [-0.3, -0.25) is 9.11 Å². The van der Waals surface area contributed by atoms with E-state index in [1.807, 2.05) is 73.7 Å². The van der Waals surface area contributed by atoms with Gasteiger partial charge >= 0.3 is 0 Å². The Morgan fingerprint density at radius 2 is 1.04 bits per heavy atom. The minimum atomic E-state index is -4.51. The summed E-state index contributed by atoms with van der Waals surface area (Å²) in [6.45, 7) is 6.69. The van der Waals surface area contributed by atoms with E-state index >= 15 is 0 Å². The molecule has 47 heavy (non-hydrogen) atoms. The summed E-state index contributed by atoms with van der Waals surface area (Å²) in [5.74, 6) is -0.498. The number of nitrogens with zero attached hydrogens (tertiary/aromatic N) is 2. The molecule has 0 radical (unpaired) electrons. The summed E-state index contributed by atoms with van der Waals surface area (Å²) in [5, 5.41) is 0. The van der Waals surface area contributed by atoms with Crippen molar-refractivity contribution in [2.45, 2.75) is 42.6 Å². The Kier molecular flexibility index (Phi) is 10.5. The summed E-state index contributed by atoms with van der Waals surface area (Å²) in [4.78, 5) is 4.02. The molecule has 0 heterocycles. The molecule has 0 spiro atoms. The molecule has 1 unspecified atom stereocenters. The second-order valence-electron chi connectivity index (χ2n) is 11.3. The quantitative estimate of drug-likeness (QED) is 0.0983. The number of benzene rings is 5. The number of anilines is 2. The molecule has 244 valence electrons. The molecular weight excluding hydrogens is 633 g/mol. The third kappa shape index (κ3) is 8.28. The van der Waals surface area contributed by atoms with Gasteiger partial charge < -0.3 is 9.80 Å². The van der Waals surface area contributed by atoms with E-state index in [9.17, 15) is 25.9 Å². The topological polar surface area (TPSA) is 115 Å². The van der Waals surface area contributed by atoms with Crippen LogP contribution in [0.25, 0.3) is 0 Å². The average Bonchev–Trinajstić information content (AvgIpc) is 3.07. The van der Waals surface area contributed by atoms with Gasteiger partial charge in [0.15, 0.2) is 0 Å². The van der Waals surface area contributed by atoms with E-state index < -0.39 is 26.2 Å². The van der Waals surface area contributed by atoms with Gasteiger partial charge in [-0.05, 0) is 84.1 Å². The highest BCUT2D eigenvalue weighted by atomic mass is 32.2. The highest BCUT2D eigenvalue weighted by molar-refractivity contribution is 7.86. The second kappa shape index (κ2) is 14.5. The molecule has 0 amide bonds. The van der Waals surface area contributed by atoms with Crippen molar-refractivity contribution in [3.8, 4) is 0 Å². The highest BCUT2D eigenvalue weighted by Gasteiger charge is 2.25. The first-order valence-corrected chi connectivity index (χ1v) is 18.2. The van der Waals surface area contributed by atoms with Gasteiger partial charge in [0, 0.05) is 43.5 Å². The summed E-state index contributed by atoms with van der Waals surface area (Å²) in [6.07, 6.45) is 0. The monoisotopic (exact) mass is 670 g/mol. The lowest BCUT2D eigenvalue weighted by atomic mass is 9.85. The molecule has 5 rings (SSSR count). The van der Waals surface area contributed by atoms with Crippen molar-refractivity contribution in [2.75, 3.05) is 22.9 Å². The third-order valence-corrected chi connectivity index (χ3v) is 10.0. The van der Waals surface area contributed by atoms with E-state index in [1.165, 1.54) is 23.8 Å². The van der Waals surface area contributed by atoms with Crippen molar-refractivity contribution in [3.05, 3.63) is 155 Å². The van der Waals surface area contributed by atoms with Crippen LogP contribution < -0.4 is 9.80 Å². The van der Waals surface area contributed by atoms with Gasteiger partial charge in [0.05, 0.1) is 9.79 Å². The Morgan fingerprint density at radius 3 is 1.55 bits per heavy atom. The van der Waals surface area contributed by atoms with E-state index in [2.05, 4.69) is 28.9 Å². The van der Waals surface area contributed by atoms with Crippen LogP contribution in [0.4, 0.5) is 11.4 Å². The van der Waals surface area contributed by atoms with Gasteiger partial charge in [-0.1, -0.05) is 84.9 Å². The van der Waals surface area contributed by atoms with Crippen LogP contribution in [0.3, 0.4) is 0 Å². The molecule has 5 aromatic carbocycles. The maximum atomic E-state index is 12.5. The molecule has 0 bridgehead atoms. The van der Waals surface area contributed by atoms with E-state index in [-0.39, 0.29) is 9.79 Å². The third-order valence-electron chi connectivity index (χ3n) is 8.24. The first-order chi connectivity index (χ1) is 22.5. The normalized spacial score (nSPS) is 12.4. The molecule has 0 saturated heterocycles. The van der Waals surface area contributed by atoms with Gasteiger partial charge in [0.1, 0.15) is 0 Å². The number of hydrogen-bond donors (Lipinski definition) is 2.